The number of halogens is 1. The predicted molar refractivity (Wildman–Crippen MR) is 62.2 cm³/mol. The normalized spacial score (nSPS) is 11.7. The van der Waals surface area contributed by atoms with Gasteiger partial charge in [-0.25, -0.2) is 9.18 Å². The Morgan fingerprint density at radius 2 is 1.95 bits per heavy atom. The van der Waals surface area contributed by atoms with E-state index in [9.17, 15) is 18.8 Å². The van der Waals surface area contributed by atoms with E-state index in [0.29, 0.717) is 0 Å². The first-order valence-electron chi connectivity index (χ1n) is 5.12. The van der Waals surface area contributed by atoms with Gasteiger partial charge in [-0.1, -0.05) is 0 Å². The molecule has 0 bridgehead atoms. The molecule has 19 heavy (non-hydrogen) atoms. The van der Waals surface area contributed by atoms with Crippen LogP contribution < -0.4 is 11.1 Å². The topological polar surface area (TPSA) is 130 Å². The fraction of sp³-hybridized carbons (Fsp3) is 0.182. The second-order valence-corrected chi connectivity index (χ2v) is 3.69. The SMILES string of the molecule is NC(CC(=O)O)C(=O)Nc1ccc(F)cc1C(=O)O. The Kier molecular flexibility index (Phi) is 4.54. The van der Waals surface area contributed by atoms with Crippen LogP contribution in [-0.2, 0) is 9.59 Å². The Bertz CT molecular complexity index is 532. The third-order valence-electron chi connectivity index (χ3n) is 2.20. The molecule has 0 heterocycles. The molecule has 0 saturated carbocycles. The zero-order valence-corrected chi connectivity index (χ0v) is 9.59. The number of anilines is 1. The summed E-state index contributed by atoms with van der Waals surface area (Å²) >= 11 is 0. The minimum atomic E-state index is -1.43. The zero-order valence-electron chi connectivity index (χ0n) is 9.59. The Morgan fingerprint density at radius 1 is 1.32 bits per heavy atom. The predicted octanol–water partition coefficient (Wildman–Crippen LogP) is 0.264. The van der Waals surface area contributed by atoms with E-state index in [4.69, 9.17) is 15.9 Å². The number of nitrogens with two attached hydrogens (primary N) is 1. The number of aromatic carboxylic acids is 1. The van der Waals surface area contributed by atoms with Gasteiger partial charge in [0.2, 0.25) is 5.91 Å². The number of carbonyl (C=O) groups is 3. The molecule has 0 aliphatic heterocycles. The van der Waals surface area contributed by atoms with Crippen molar-refractivity contribution in [3.63, 3.8) is 0 Å². The molecule has 0 aromatic heterocycles. The summed E-state index contributed by atoms with van der Waals surface area (Å²) in [6.07, 6.45) is -0.602. The van der Waals surface area contributed by atoms with Gasteiger partial charge in [-0.05, 0) is 18.2 Å². The molecule has 1 aromatic rings. The molecule has 0 aliphatic carbocycles. The number of aliphatic carboxylic acids is 1. The fourth-order valence-electron chi connectivity index (χ4n) is 1.31. The highest BCUT2D eigenvalue weighted by molar-refractivity contribution is 6.02. The van der Waals surface area contributed by atoms with E-state index in [2.05, 4.69) is 5.32 Å². The average molecular weight is 270 g/mol. The minimum Gasteiger partial charge on any atom is -0.481 e. The van der Waals surface area contributed by atoms with Gasteiger partial charge in [0.1, 0.15) is 5.82 Å². The van der Waals surface area contributed by atoms with E-state index < -0.39 is 41.7 Å². The van der Waals surface area contributed by atoms with Crippen LogP contribution in [0.25, 0.3) is 0 Å². The maximum atomic E-state index is 12.9. The molecular weight excluding hydrogens is 259 g/mol. The van der Waals surface area contributed by atoms with Crippen LogP contribution in [0.5, 0.6) is 0 Å². The number of hydrogen-bond donors (Lipinski definition) is 4. The van der Waals surface area contributed by atoms with Gasteiger partial charge < -0.3 is 21.3 Å². The largest absolute Gasteiger partial charge is 0.481 e. The van der Waals surface area contributed by atoms with Gasteiger partial charge in [0.05, 0.1) is 23.7 Å². The van der Waals surface area contributed by atoms with Crippen LogP contribution in [0.15, 0.2) is 18.2 Å². The summed E-state index contributed by atoms with van der Waals surface area (Å²) < 4.78 is 12.9. The lowest BCUT2D eigenvalue weighted by Gasteiger charge is -2.12. The van der Waals surface area contributed by atoms with Crippen molar-refractivity contribution in [2.24, 2.45) is 5.73 Å². The van der Waals surface area contributed by atoms with Crippen LogP contribution in [0.3, 0.4) is 0 Å². The maximum absolute atomic E-state index is 12.9. The summed E-state index contributed by atoms with van der Waals surface area (Å²) in [4.78, 5) is 32.8. The molecule has 0 spiro atoms. The lowest BCUT2D eigenvalue weighted by atomic mass is 10.1. The standard InChI is InChI=1S/C11H11FN2O5/c12-5-1-2-8(6(3-5)11(18)19)14-10(17)7(13)4-9(15)16/h1-3,7H,4,13H2,(H,14,17)(H,15,16)(H,18,19). The quantitative estimate of drug-likeness (QED) is 0.607. The monoisotopic (exact) mass is 270 g/mol. The van der Waals surface area contributed by atoms with Crippen molar-refractivity contribution >= 4 is 23.5 Å². The van der Waals surface area contributed by atoms with Crippen molar-refractivity contribution in [3.05, 3.63) is 29.6 Å². The Morgan fingerprint density at radius 3 is 2.47 bits per heavy atom. The summed E-state index contributed by atoms with van der Waals surface area (Å²) in [5.74, 6) is -4.33. The van der Waals surface area contributed by atoms with Crippen molar-refractivity contribution < 1.29 is 29.0 Å². The van der Waals surface area contributed by atoms with Crippen LogP contribution in [-0.4, -0.2) is 34.1 Å². The average Bonchev–Trinajstić information content (AvgIpc) is 2.30. The van der Waals surface area contributed by atoms with Crippen LogP contribution in [0, 0.1) is 5.82 Å². The van der Waals surface area contributed by atoms with Crippen molar-refractivity contribution in [3.8, 4) is 0 Å². The molecule has 0 fully saturated rings. The summed E-state index contributed by atoms with van der Waals surface area (Å²) in [7, 11) is 0. The molecule has 1 aromatic carbocycles. The molecule has 0 saturated heterocycles. The van der Waals surface area contributed by atoms with Crippen molar-refractivity contribution in [1.29, 1.82) is 0 Å². The molecule has 1 rings (SSSR count). The van der Waals surface area contributed by atoms with Crippen molar-refractivity contribution in [1.82, 2.24) is 0 Å². The van der Waals surface area contributed by atoms with E-state index in [-0.39, 0.29) is 5.69 Å². The number of hydrogen-bond acceptors (Lipinski definition) is 4. The lowest BCUT2D eigenvalue weighted by Crippen LogP contribution is -2.37. The molecule has 5 N–H and O–H groups in total. The van der Waals surface area contributed by atoms with E-state index in [1.807, 2.05) is 0 Å². The first-order chi connectivity index (χ1) is 8.81. The van der Waals surface area contributed by atoms with Crippen molar-refractivity contribution in [2.75, 3.05) is 5.32 Å². The number of benzene rings is 1. The van der Waals surface area contributed by atoms with Gasteiger partial charge >= 0.3 is 11.9 Å². The van der Waals surface area contributed by atoms with Crippen LogP contribution in [0.1, 0.15) is 16.8 Å². The molecule has 0 aliphatic rings. The van der Waals surface area contributed by atoms with E-state index in [1.165, 1.54) is 0 Å². The van der Waals surface area contributed by atoms with Crippen LogP contribution in [0.2, 0.25) is 0 Å². The van der Waals surface area contributed by atoms with Gasteiger partial charge in [-0.2, -0.15) is 0 Å². The molecule has 0 radical (unpaired) electrons. The lowest BCUT2D eigenvalue weighted by molar-refractivity contribution is -0.138. The molecule has 102 valence electrons. The molecular formula is C11H11FN2O5. The third-order valence-corrected chi connectivity index (χ3v) is 2.20. The smallest absolute Gasteiger partial charge is 0.337 e. The van der Waals surface area contributed by atoms with Gasteiger partial charge in [-0.15, -0.1) is 0 Å². The molecule has 7 nitrogen and oxygen atoms in total. The first-order valence-corrected chi connectivity index (χ1v) is 5.12. The van der Waals surface area contributed by atoms with Gasteiger partial charge in [0.25, 0.3) is 0 Å². The summed E-state index contributed by atoms with van der Waals surface area (Å²) in [5, 5.41) is 19.5. The Balaban J connectivity index is 2.90. The minimum absolute atomic E-state index is 0.153. The van der Waals surface area contributed by atoms with Gasteiger partial charge in [0.15, 0.2) is 0 Å². The Hall–Kier alpha value is -2.48. The highest BCUT2D eigenvalue weighted by Gasteiger charge is 2.20. The van der Waals surface area contributed by atoms with E-state index >= 15 is 0 Å². The first kappa shape index (κ1) is 14.6. The third kappa shape index (κ3) is 4.03. The van der Waals surface area contributed by atoms with Crippen molar-refractivity contribution in [2.45, 2.75) is 12.5 Å². The summed E-state index contributed by atoms with van der Waals surface area (Å²) in [5.41, 5.74) is 4.71. The number of carboxylic acids is 2. The second kappa shape index (κ2) is 5.91. The zero-order chi connectivity index (χ0) is 14.6. The molecule has 8 heteroatoms. The highest BCUT2D eigenvalue weighted by Crippen LogP contribution is 2.17. The highest BCUT2D eigenvalue weighted by atomic mass is 19.1. The summed E-state index contributed by atoms with van der Waals surface area (Å²) in [6, 6.07) is 1.43. The number of rotatable bonds is 5. The molecule has 1 atom stereocenters. The maximum Gasteiger partial charge on any atom is 0.337 e. The van der Waals surface area contributed by atoms with Crippen LogP contribution >= 0.6 is 0 Å². The molecule has 1 unspecified atom stereocenters. The van der Waals surface area contributed by atoms with E-state index in [0.717, 1.165) is 18.2 Å². The molecule has 1 amide bonds. The summed E-state index contributed by atoms with van der Waals surface area (Å²) in [6.45, 7) is 0. The fourth-order valence-corrected chi connectivity index (χ4v) is 1.31. The van der Waals surface area contributed by atoms with Gasteiger partial charge in [0, 0.05) is 0 Å². The Labute approximate surface area is 106 Å². The number of carboxylic acid groups (broad SMARTS) is 2. The van der Waals surface area contributed by atoms with Gasteiger partial charge in [-0.3, -0.25) is 9.59 Å². The van der Waals surface area contributed by atoms with E-state index in [1.54, 1.807) is 0 Å². The number of amides is 1. The van der Waals surface area contributed by atoms with Crippen LogP contribution in [0.4, 0.5) is 10.1 Å². The number of nitrogens with one attached hydrogen (secondary N) is 1. The number of carbonyl (C=O) groups excluding carboxylic acids is 1. The second-order valence-electron chi connectivity index (χ2n) is 3.69.